The van der Waals surface area contributed by atoms with Gasteiger partial charge in [-0.2, -0.15) is 4.98 Å². The maximum absolute atomic E-state index is 12.7. The Kier molecular flexibility index (Phi) is 9.00. The lowest BCUT2D eigenvalue weighted by Gasteiger charge is -2.15. The fourth-order valence-electron chi connectivity index (χ4n) is 4.78. The van der Waals surface area contributed by atoms with Gasteiger partial charge in [0.15, 0.2) is 5.82 Å². The van der Waals surface area contributed by atoms with Crippen LogP contribution in [-0.4, -0.2) is 34.8 Å². The van der Waals surface area contributed by atoms with Crippen LogP contribution in [0.2, 0.25) is 5.02 Å². The number of hydrogen-bond acceptors (Lipinski definition) is 7. The number of halogens is 1. The first-order valence-electron chi connectivity index (χ1n) is 12.7. The SMILES string of the molecule is CP(C)(=O)c1cnccc1Nc1nc(Nc2ccc3c(c2)CC[C@@H](CCCCCN)CC3)ncc1Cl. The average Bonchev–Trinajstić information content (AvgIpc) is 3.06. The lowest BCUT2D eigenvalue weighted by molar-refractivity contribution is 0.411. The van der Waals surface area contributed by atoms with Crippen LogP contribution in [0.15, 0.2) is 42.9 Å². The fourth-order valence-corrected chi connectivity index (χ4v) is 5.97. The molecule has 4 rings (SSSR count). The summed E-state index contributed by atoms with van der Waals surface area (Å²) in [5.74, 6) is 1.68. The number of rotatable bonds is 10. The number of aryl methyl sites for hydroxylation is 2. The normalized spacial score (nSPS) is 15.7. The Balaban J connectivity index is 1.45. The number of unbranched alkanes of at least 4 members (excludes halogenated alkanes) is 2. The summed E-state index contributed by atoms with van der Waals surface area (Å²) in [5.41, 5.74) is 10.1. The first kappa shape index (κ1) is 26.6. The van der Waals surface area contributed by atoms with E-state index in [0.29, 0.717) is 27.8 Å². The summed E-state index contributed by atoms with van der Waals surface area (Å²) in [6.45, 7) is 4.23. The first-order valence-corrected chi connectivity index (χ1v) is 15.7. The third kappa shape index (κ3) is 7.06. The summed E-state index contributed by atoms with van der Waals surface area (Å²) in [6, 6.07) is 8.32. The third-order valence-electron chi connectivity index (χ3n) is 6.80. The molecule has 0 saturated heterocycles. The van der Waals surface area contributed by atoms with Gasteiger partial charge < -0.3 is 20.9 Å². The van der Waals surface area contributed by atoms with Crippen molar-refractivity contribution in [2.45, 2.75) is 51.4 Å². The van der Waals surface area contributed by atoms with Gasteiger partial charge in [-0.05, 0) is 87.2 Å². The highest BCUT2D eigenvalue weighted by Gasteiger charge is 2.19. The predicted molar refractivity (Wildman–Crippen MR) is 151 cm³/mol. The lowest BCUT2D eigenvalue weighted by Crippen LogP contribution is -2.11. The van der Waals surface area contributed by atoms with Crippen LogP contribution in [0.5, 0.6) is 0 Å². The van der Waals surface area contributed by atoms with Gasteiger partial charge in [0.2, 0.25) is 5.95 Å². The Bertz CT molecular complexity index is 1230. The van der Waals surface area contributed by atoms with Crippen molar-refractivity contribution in [1.29, 1.82) is 0 Å². The number of nitrogens with two attached hydrogens (primary N) is 1. The number of nitrogens with zero attached hydrogens (tertiary/aromatic N) is 3. The number of aromatic nitrogens is 3. The average molecular weight is 527 g/mol. The monoisotopic (exact) mass is 526 g/mol. The molecule has 0 saturated carbocycles. The highest BCUT2D eigenvalue weighted by Crippen LogP contribution is 2.38. The van der Waals surface area contributed by atoms with Crippen molar-refractivity contribution in [3.8, 4) is 0 Å². The number of benzene rings is 1. The van der Waals surface area contributed by atoms with E-state index >= 15 is 0 Å². The van der Waals surface area contributed by atoms with Gasteiger partial charge in [0.05, 0.1) is 17.2 Å². The second-order valence-corrected chi connectivity index (χ2v) is 13.5. The molecule has 0 unspecified atom stereocenters. The molecule has 1 aliphatic carbocycles. The fraction of sp³-hybridized carbons (Fsp3) is 0.444. The third-order valence-corrected chi connectivity index (χ3v) is 8.59. The highest BCUT2D eigenvalue weighted by atomic mass is 35.5. The molecule has 0 radical (unpaired) electrons. The van der Waals surface area contributed by atoms with Crippen LogP contribution in [0.3, 0.4) is 0 Å². The van der Waals surface area contributed by atoms with Crippen molar-refractivity contribution in [3.05, 3.63) is 59.0 Å². The van der Waals surface area contributed by atoms with Crippen LogP contribution in [0, 0.1) is 5.92 Å². The molecule has 0 bridgehead atoms. The van der Waals surface area contributed by atoms with E-state index in [9.17, 15) is 4.57 Å². The topological polar surface area (TPSA) is 106 Å². The summed E-state index contributed by atoms with van der Waals surface area (Å²) in [7, 11) is -2.54. The smallest absolute Gasteiger partial charge is 0.229 e. The minimum absolute atomic E-state index is 0.379. The molecular weight excluding hydrogens is 491 g/mol. The standard InChI is InChI=1S/C27H36ClN6OP/c1-36(2,35)25-18-30-15-13-24(25)33-26-23(28)17-31-27(34-26)32-22-12-11-20-9-7-19(6-4-3-5-14-29)8-10-21(20)16-22/h11-13,15-19H,3-10,14,29H2,1-2H3,(H2,30,31,32,33,34)/t19-/m0/s1. The molecule has 7 nitrogen and oxygen atoms in total. The van der Waals surface area contributed by atoms with Crippen molar-refractivity contribution in [3.63, 3.8) is 0 Å². The van der Waals surface area contributed by atoms with E-state index < -0.39 is 7.14 Å². The first-order chi connectivity index (χ1) is 17.3. The minimum atomic E-state index is -2.54. The van der Waals surface area contributed by atoms with Gasteiger partial charge in [-0.25, -0.2) is 4.98 Å². The molecular formula is C27H36ClN6OP. The number of hydrogen-bond donors (Lipinski definition) is 3. The van der Waals surface area contributed by atoms with Crippen LogP contribution < -0.4 is 21.7 Å². The summed E-state index contributed by atoms with van der Waals surface area (Å²) in [6.07, 6.45) is 14.5. The minimum Gasteiger partial charge on any atom is -0.338 e. The van der Waals surface area contributed by atoms with Gasteiger partial charge >= 0.3 is 0 Å². The van der Waals surface area contributed by atoms with Crippen molar-refractivity contribution in [2.24, 2.45) is 11.7 Å². The Labute approximate surface area is 219 Å². The van der Waals surface area contributed by atoms with Gasteiger partial charge in [-0.1, -0.05) is 36.9 Å². The molecule has 1 atom stereocenters. The van der Waals surface area contributed by atoms with Crippen molar-refractivity contribution in [2.75, 3.05) is 30.5 Å². The number of fused-ring (bicyclic) bond motifs is 1. The largest absolute Gasteiger partial charge is 0.338 e. The van der Waals surface area contributed by atoms with Crippen molar-refractivity contribution < 1.29 is 4.57 Å². The molecule has 0 spiro atoms. The quantitative estimate of drug-likeness (QED) is 0.162. The van der Waals surface area contributed by atoms with E-state index in [1.54, 1.807) is 38.0 Å². The Hall–Kier alpha value is -2.47. The van der Waals surface area contributed by atoms with E-state index in [4.69, 9.17) is 17.3 Å². The zero-order chi connectivity index (χ0) is 25.5. The number of pyridine rings is 1. The van der Waals surface area contributed by atoms with Crippen molar-refractivity contribution >= 4 is 47.2 Å². The summed E-state index contributed by atoms with van der Waals surface area (Å²) in [5, 5.41) is 7.58. The van der Waals surface area contributed by atoms with Crippen LogP contribution in [0.1, 0.15) is 49.7 Å². The maximum Gasteiger partial charge on any atom is 0.229 e. The number of nitrogens with one attached hydrogen (secondary N) is 2. The molecule has 0 fully saturated rings. The molecule has 0 aliphatic heterocycles. The van der Waals surface area contributed by atoms with E-state index in [0.717, 1.165) is 37.4 Å². The molecule has 4 N–H and O–H groups in total. The van der Waals surface area contributed by atoms with Crippen molar-refractivity contribution in [1.82, 2.24) is 15.0 Å². The Morgan fingerprint density at radius 3 is 2.64 bits per heavy atom. The maximum atomic E-state index is 12.7. The van der Waals surface area contributed by atoms with E-state index in [1.165, 1.54) is 43.2 Å². The molecule has 2 aromatic heterocycles. The molecule has 0 amide bonds. The van der Waals surface area contributed by atoms with Crippen LogP contribution >= 0.6 is 18.7 Å². The van der Waals surface area contributed by atoms with Crippen LogP contribution in [-0.2, 0) is 17.4 Å². The molecule has 9 heteroatoms. The van der Waals surface area contributed by atoms with E-state index in [-0.39, 0.29) is 0 Å². The Morgan fingerprint density at radius 2 is 1.86 bits per heavy atom. The second-order valence-electron chi connectivity index (χ2n) is 9.95. The summed E-state index contributed by atoms with van der Waals surface area (Å²) in [4.78, 5) is 13.1. The number of anilines is 4. The summed E-state index contributed by atoms with van der Waals surface area (Å²) >= 11 is 6.39. The van der Waals surface area contributed by atoms with Gasteiger partial charge in [0, 0.05) is 18.1 Å². The molecule has 2 heterocycles. The van der Waals surface area contributed by atoms with Gasteiger partial charge in [0.25, 0.3) is 0 Å². The zero-order valence-electron chi connectivity index (χ0n) is 21.1. The van der Waals surface area contributed by atoms with E-state index in [2.05, 4.69) is 43.8 Å². The molecule has 36 heavy (non-hydrogen) atoms. The molecule has 192 valence electrons. The molecule has 3 aromatic rings. The highest BCUT2D eigenvalue weighted by molar-refractivity contribution is 7.70. The van der Waals surface area contributed by atoms with Crippen LogP contribution in [0.4, 0.5) is 23.1 Å². The second kappa shape index (κ2) is 12.2. The Morgan fingerprint density at radius 1 is 1.06 bits per heavy atom. The van der Waals surface area contributed by atoms with E-state index in [1.807, 2.05) is 0 Å². The van der Waals surface area contributed by atoms with Crippen LogP contribution in [0.25, 0.3) is 0 Å². The van der Waals surface area contributed by atoms with Gasteiger partial charge in [-0.3, -0.25) is 4.98 Å². The lowest BCUT2D eigenvalue weighted by atomic mass is 9.93. The molecule has 1 aromatic carbocycles. The predicted octanol–water partition coefficient (Wildman–Crippen LogP) is 6.27. The summed E-state index contributed by atoms with van der Waals surface area (Å²) < 4.78 is 12.7. The zero-order valence-corrected chi connectivity index (χ0v) is 22.8. The molecule has 1 aliphatic rings. The van der Waals surface area contributed by atoms with Gasteiger partial charge in [0.1, 0.15) is 12.2 Å². The van der Waals surface area contributed by atoms with Gasteiger partial charge in [-0.15, -0.1) is 0 Å².